The van der Waals surface area contributed by atoms with Gasteiger partial charge in [-0.1, -0.05) is 0 Å². The highest BCUT2D eigenvalue weighted by Gasteiger charge is 2.28. The Labute approximate surface area is 105 Å². The van der Waals surface area contributed by atoms with Gasteiger partial charge in [0.05, 0.1) is 17.9 Å². The molecule has 0 bridgehead atoms. The number of hydrogen-bond acceptors (Lipinski definition) is 4. The number of carboxylic acids is 1. The highest BCUT2D eigenvalue weighted by atomic mass is 32.2. The molecule has 1 atom stereocenters. The number of carbonyl (C=O) groups is 1. The van der Waals surface area contributed by atoms with Crippen molar-refractivity contribution in [2.45, 2.75) is 17.2 Å². The van der Waals surface area contributed by atoms with Crippen LogP contribution in [0.15, 0.2) is 23.1 Å². The van der Waals surface area contributed by atoms with Crippen LogP contribution in [0.1, 0.15) is 17.9 Å². The lowest BCUT2D eigenvalue weighted by Crippen LogP contribution is -2.18. The average molecular weight is 271 g/mol. The van der Waals surface area contributed by atoms with E-state index in [9.17, 15) is 13.2 Å². The zero-order chi connectivity index (χ0) is 13.3. The summed E-state index contributed by atoms with van der Waals surface area (Å²) in [5.74, 6) is -0.681. The number of nitrogens with one attached hydrogen (secondary N) is 1. The lowest BCUT2D eigenvalue weighted by molar-refractivity contribution is -0.137. The van der Waals surface area contributed by atoms with E-state index < -0.39 is 16.0 Å². The quantitative estimate of drug-likeness (QED) is 0.834. The summed E-state index contributed by atoms with van der Waals surface area (Å²) < 4.78 is 30.9. The molecule has 1 heterocycles. The van der Waals surface area contributed by atoms with Gasteiger partial charge in [-0.25, -0.2) is 13.1 Å². The van der Waals surface area contributed by atoms with E-state index in [2.05, 4.69) is 4.72 Å². The van der Waals surface area contributed by atoms with E-state index in [1.54, 1.807) is 6.07 Å². The molecule has 18 heavy (non-hydrogen) atoms. The molecular weight excluding hydrogens is 258 g/mol. The maximum absolute atomic E-state index is 11.7. The van der Waals surface area contributed by atoms with Crippen LogP contribution in [0, 0.1) is 0 Å². The van der Waals surface area contributed by atoms with Crippen LogP contribution in [0.2, 0.25) is 0 Å². The number of ether oxygens (including phenoxy) is 1. The van der Waals surface area contributed by atoms with Crippen molar-refractivity contribution in [3.8, 4) is 5.75 Å². The molecule has 0 saturated heterocycles. The number of aliphatic carboxylic acids is 1. The lowest BCUT2D eigenvalue weighted by Gasteiger charge is -2.07. The fourth-order valence-corrected chi connectivity index (χ4v) is 2.69. The van der Waals surface area contributed by atoms with E-state index in [1.165, 1.54) is 19.2 Å². The van der Waals surface area contributed by atoms with Gasteiger partial charge in [-0.05, 0) is 25.2 Å². The SMILES string of the molecule is CNS(=O)(=O)c1ccc2c(c1)C(CC(=O)O)CO2. The number of benzene rings is 1. The van der Waals surface area contributed by atoms with Gasteiger partial charge in [-0.2, -0.15) is 0 Å². The first-order chi connectivity index (χ1) is 8.44. The van der Waals surface area contributed by atoms with Crippen LogP contribution in [-0.2, 0) is 14.8 Å². The van der Waals surface area contributed by atoms with E-state index in [1.807, 2.05) is 0 Å². The number of sulfonamides is 1. The molecule has 0 fully saturated rings. The van der Waals surface area contributed by atoms with Gasteiger partial charge in [0.2, 0.25) is 10.0 Å². The minimum atomic E-state index is -3.52. The second kappa shape index (κ2) is 4.58. The Morgan fingerprint density at radius 2 is 2.28 bits per heavy atom. The van der Waals surface area contributed by atoms with Crippen molar-refractivity contribution in [2.24, 2.45) is 0 Å². The van der Waals surface area contributed by atoms with Crippen molar-refractivity contribution in [3.05, 3.63) is 23.8 Å². The monoisotopic (exact) mass is 271 g/mol. The minimum absolute atomic E-state index is 0.0734. The molecule has 0 radical (unpaired) electrons. The maximum Gasteiger partial charge on any atom is 0.304 e. The first-order valence-corrected chi connectivity index (χ1v) is 6.84. The van der Waals surface area contributed by atoms with E-state index in [0.29, 0.717) is 11.3 Å². The summed E-state index contributed by atoms with van der Waals surface area (Å²) in [6.07, 6.45) is -0.0734. The number of fused-ring (bicyclic) bond motifs is 1. The predicted octanol–water partition coefficient (Wildman–Crippen LogP) is 0.545. The molecule has 1 aliphatic rings. The minimum Gasteiger partial charge on any atom is -0.493 e. The van der Waals surface area contributed by atoms with Crippen molar-refractivity contribution in [1.82, 2.24) is 4.72 Å². The molecule has 2 rings (SSSR count). The van der Waals surface area contributed by atoms with Crippen molar-refractivity contribution < 1.29 is 23.1 Å². The van der Waals surface area contributed by atoms with Crippen molar-refractivity contribution >= 4 is 16.0 Å². The Balaban J connectivity index is 2.40. The molecule has 0 aromatic heterocycles. The smallest absolute Gasteiger partial charge is 0.304 e. The summed E-state index contributed by atoms with van der Waals surface area (Å²) in [6.45, 7) is 0.269. The first kappa shape index (κ1) is 12.8. The van der Waals surface area contributed by atoms with Gasteiger partial charge in [0.15, 0.2) is 0 Å². The number of rotatable bonds is 4. The summed E-state index contributed by atoms with van der Waals surface area (Å²) >= 11 is 0. The Kier molecular flexibility index (Phi) is 3.27. The summed E-state index contributed by atoms with van der Waals surface area (Å²) in [4.78, 5) is 10.8. The second-order valence-electron chi connectivity index (χ2n) is 4.01. The van der Waals surface area contributed by atoms with Crippen LogP contribution in [0.5, 0.6) is 5.75 Å². The fourth-order valence-electron chi connectivity index (χ4n) is 1.92. The summed E-state index contributed by atoms with van der Waals surface area (Å²) in [7, 11) is -2.20. The molecule has 98 valence electrons. The average Bonchev–Trinajstić information content (AvgIpc) is 2.71. The molecule has 0 saturated carbocycles. The van der Waals surface area contributed by atoms with Crippen LogP contribution in [-0.4, -0.2) is 33.1 Å². The lowest BCUT2D eigenvalue weighted by atomic mass is 9.98. The Hall–Kier alpha value is -1.60. The molecule has 0 aliphatic carbocycles. The van der Waals surface area contributed by atoms with Gasteiger partial charge in [-0.3, -0.25) is 4.79 Å². The van der Waals surface area contributed by atoms with E-state index in [4.69, 9.17) is 9.84 Å². The molecule has 1 aliphatic heterocycles. The third kappa shape index (κ3) is 2.32. The Bertz CT molecular complexity index is 581. The number of hydrogen-bond donors (Lipinski definition) is 2. The zero-order valence-corrected chi connectivity index (χ0v) is 10.5. The standard InChI is InChI=1S/C11H13NO5S/c1-12-18(15,16)8-2-3-10-9(5-8)7(6-17-10)4-11(13)14/h2-3,5,7,12H,4,6H2,1H3,(H,13,14). The van der Waals surface area contributed by atoms with Crippen LogP contribution < -0.4 is 9.46 Å². The molecule has 1 aromatic carbocycles. The predicted molar refractivity (Wildman–Crippen MR) is 63.2 cm³/mol. The van der Waals surface area contributed by atoms with Crippen molar-refractivity contribution in [1.29, 1.82) is 0 Å². The molecule has 1 unspecified atom stereocenters. The van der Waals surface area contributed by atoms with Crippen LogP contribution >= 0.6 is 0 Å². The Morgan fingerprint density at radius 1 is 1.56 bits per heavy atom. The molecular formula is C11H13NO5S. The maximum atomic E-state index is 11.7. The third-order valence-electron chi connectivity index (χ3n) is 2.86. The summed E-state index contributed by atoms with van der Waals surface area (Å²) in [5.41, 5.74) is 0.633. The van der Waals surface area contributed by atoms with Crippen LogP contribution in [0.3, 0.4) is 0 Å². The normalized spacial score (nSPS) is 18.2. The van der Waals surface area contributed by atoms with Crippen molar-refractivity contribution in [3.63, 3.8) is 0 Å². The van der Waals surface area contributed by atoms with Crippen LogP contribution in [0.25, 0.3) is 0 Å². The molecule has 1 aromatic rings. The van der Waals surface area contributed by atoms with Crippen molar-refractivity contribution in [2.75, 3.05) is 13.7 Å². The fraction of sp³-hybridized carbons (Fsp3) is 0.364. The molecule has 0 spiro atoms. The molecule has 2 N–H and O–H groups in total. The van der Waals surface area contributed by atoms with Gasteiger partial charge in [-0.15, -0.1) is 0 Å². The summed E-state index contributed by atoms with van der Waals surface area (Å²) in [5, 5.41) is 8.79. The van der Waals surface area contributed by atoms with Gasteiger partial charge < -0.3 is 9.84 Å². The Morgan fingerprint density at radius 3 is 2.89 bits per heavy atom. The van der Waals surface area contributed by atoms with E-state index in [0.717, 1.165) is 0 Å². The molecule has 6 nitrogen and oxygen atoms in total. The zero-order valence-electron chi connectivity index (χ0n) is 9.71. The third-order valence-corrected chi connectivity index (χ3v) is 4.27. The highest BCUT2D eigenvalue weighted by molar-refractivity contribution is 7.89. The van der Waals surface area contributed by atoms with E-state index in [-0.39, 0.29) is 23.8 Å². The second-order valence-corrected chi connectivity index (χ2v) is 5.90. The van der Waals surface area contributed by atoms with Gasteiger partial charge in [0, 0.05) is 11.5 Å². The van der Waals surface area contributed by atoms with Gasteiger partial charge in [0.25, 0.3) is 0 Å². The molecule has 0 amide bonds. The van der Waals surface area contributed by atoms with Gasteiger partial charge in [0.1, 0.15) is 5.75 Å². The first-order valence-electron chi connectivity index (χ1n) is 5.36. The highest BCUT2D eigenvalue weighted by Crippen LogP contribution is 2.37. The van der Waals surface area contributed by atoms with E-state index >= 15 is 0 Å². The topological polar surface area (TPSA) is 92.7 Å². The summed E-state index contributed by atoms with van der Waals surface area (Å²) in [6, 6.07) is 4.47. The number of carboxylic acid groups (broad SMARTS) is 1. The van der Waals surface area contributed by atoms with Gasteiger partial charge >= 0.3 is 5.97 Å². The largest absolute Gasteiger partial charge is 0.493 e. The molecule has 7 heteroatoms. The van der Waals surface area contributed by atoms with Crippen LogP contribution in [0.4, 0.5) is 0 Å².